The van der Waals surface area contributed by atoms with Gasteiger partial charge in [0.1, 0.15) is 41.0 Å². The zero-order valence-corrected chi connectivity index (χ0v) is 38.3. The van der Waals surface area contributed by atoms with Crippen LogP contribution in [0.25, 0.3) is 28.2 Å². The van der Waals surface area contributed by atoms with Crippen LogP contribution in [0.4, 0.5) is 4.79 Å². The first-order valence-corrected chi connectivity index (χ1v) is 22.6. The first-order chi connectivity index (χ1) is 29.7. The molecular formula is C48H61N5O9S. The Kier molecular flexibility index (Phi) is 17.0. The molecule has 0 bridgehead atoms. The van der Waals surface area contributed by atoms with Crippen LogP contribution in [0.3, 0.4) is 0 Å². The van der Waals surface area contributed by atoms with Crippen LogP contribution in [-0.2, 0) is 29.1 Å². The van der Waals surface area contributed by atoms with Crippen LogP contribution in [0.2, 0.25) is 0 Å². The summed E-state index contributed by atoms with van der Waals surface area (Å²) in [7, 11) is -2.45. The molecule has 15 heteroatoms. The quantitative estimate of drug-likeness (QED) is 0.0494. The van der Waals surface area contributed by atoms with Crippen molar-refractivity contribution in [1.82, 2.24) is 25.7 Å². The number of sulfonamides is 1. The molecule has 0 radical (unpaired) electrons. The molecule has 63 heavy (non-hydrogen) atoms. The van der Waals surface area contributed by atoms with E-state index in [0.29, 0.717) is 65.1 Å². The number of aromatic nitrogens is 1. The van der Waals surface area contributed by atoms with Gasteiger partial charge < -0.3 is 30.2 Å². The highest BCUT2D eigenvalue weighted by molar-refractivity contribution is 7.90. The fourth-order valence-corrected chi connectivity index (χ4v) is 7.69. The minimum atomic E-state index is -4.02. The smallest absolute Gasteiger partial charge is 0.408 e. The summed E-state index contributed by atoms with van der Waals surface area (Å²) in [5, 5.41) is 8.82. The Bertz CT molecular complexity index is 2390. The summed E-state index contributed by atoms with van der Waals surface area (Å²) in [5.41, 5.74) is 1.14. The summed E-state index contributed by atoms with van der Waals surface area (Å²) < 4.78 is 45.4. The van der Waals surface area contributed by atoms with E-state index in [1.165, 1.54) is 6.08 Å². The maximum absolute atomic E-state index is 14.5. The van der Waals surface area contributed by atoms with Crippen molar-refractivity contribution in [3.05, 3.63) is 103 Å². The van der Waals surface area contributed by atoms with E-state index in [0.717, 1.165) is 5.56 Å². The number of carbonyl (C=O) groups is 4. The highest BCUT2D eigenvalue weighted by Gasteiger charge is 2.37. The van der Waals surface area contributed by atoms with Crippen molar-refractivity contribution in [2.45, 2.75) is 104 Å². The fourth-order valence-electron chi connectivity index (χ4n) is 6.56. The number of allylic oxidation sites excluding steroid dienone is 1. The van der Waals surface area contributed by atoms with E-state index in [-0.39, 0.29) is 17.7 Å². The second kappa shape index (κ2) is 21.7. The Labute approximate surface area is 371 Å². The first-order valence-electron chi connectivity index (χ1n) is 20.9. The third kappa shape index (κ3) is 14.4. The van der Waals surface area contributed by atoms with E-state index in [1.807, 2.05) is 48.5 Å². The van der Waals surface area contributed by atoms with Gasteiger partial charge >= 0.3 is 6.09 Å². The van der Waals surface area contributed by atoms with Gasteiger partial charge in [-0.2, -0.15) is 0 Å². The summed E-state index contributed by atoms with van der Waals surface area (Å²) >= 11 is 0. The van der Waals surface area contributed by atoms with Gasteiger partial charge in [0, 0.05) is 28.6 Å². The topological polar surface area (TPSA) is 191 Å². The van der Waals surface area contributed by atoms with Crippen molar-refractivity contribution in [3.8, 4) is 28.5 Å². The SMILES string of the molecule is C=CCCCCS(=O)(=O)NC(=O)[C@H](CCC)NC(=O)[C@@H](NC(=O)[C@@H](NC(=O)OC(C)(C)C)C(C)(C)C)c1ccc(Oc2cc(-c3ccccc3)nc3cc(OC)ccc23)c(C=C)c1. The Balaban J connectivity index is 1.76. The molecule has 4 N–H and O–H groups in total. The molecular weight excluding hydrogens is 823 g/mol. The van der Waals surface area contributed by atoms with Gasteiger partial charge in [-0.25, -0.2) is 18.2 Å². The van der Waals surface area contributed by atoms with Gasteiger partial charge in [0.2, 0.25) is 21.8 Å². The molecule has 3 atom stereocenters. The number of ether oxygens (including phenoxy) is 3. The van der Waals surface area contributed by atoms with Crippen LogP contribution < -0.4 is 30.1 Å². The number of unbranched alkanes of at least 4 members (excludes halogenated alkanes) is 2. The third-order valence-corrected chi connectivity index (χ3v) is 11.1. The van der Waals surface area contributed by atoms with E-state index in [4.69, 9.17) is 19.2 Å². The molecule has 0 aliphatic carbocycles. The molecule has 0 unspecified atom stereocenters. The summed E-state index contributed by atoms with van der Waals surface area (Å²) in [6, 6.07) is 17.8. The minimum absolute atomic E-state index is 0.0937. The maximum atomic E-state index is 14.5. The molecule has 0 fully saturated rings. The van der Waals surface area contributed by atoms with Gasteiger partial charge in [-0.05, 0) is 81.7 Å². The second-order valence-electron chi connectivity index (χ2n) is 17.2. The largest absolute Gasteiger partial charge is 0.497 e. The number of rotatable bonds is 20. The van der Waals surface area contributed by atoms with Crippen LogP contribution >= 0.6 is 0 Å². The average molecular weight is 884 g/mol. The van der Waals surface area contributed by atoms with Crippen LogP contribution in [0.5, 0.6) is 17.2 Å². The number of nitrogens with one attached hydrogen (secondary N) is 4. The number of hydrogen-bond acceptors (Lipinski definition) is 10. The van der Waals surface area contributed by atoms with Crippen molar-refractivity contribution in [1.29, 1.82) is 0 Å². The van der Waals surface area contributed by atoms with Gasteiger partial charge in [-0.15, -0.1) is 6.58 Å². The van der Waals surface area contributed by atoms with E-state index in [1.54, 1.807) is 85.9 Å². The number of methoxy groups -OCH3 is 1. The van der Waals surface area contributed by atoms with Gasteiger partial charge in [0.15, 0.2) is 0 Å². The molecule has 1 heterocycles. The van der Waals surface area contributed by atoms with Crippen LogP contribution in [-0.4, -0.2) is 67.8 Å². The number of fused-ring (bicyclic) bond motifs is 1. The first kappa shape index (κ1) is 49.4. The molecule has 4 rings (SSSR count). The molecule has 4 aromatic rings. The van der Waals surface area contributed by atoms with Gasteiger partial charge in [0.25, 0.3) is 5.91 Å². The van der Waals surface area contributed by atoms with Gasteiger partial charge in [0.05, 0.1) is 24.1 Å². The lowest BCUT2D eigenvalue weighted by molar-refractivity contribution is -0.133. The van der Waals surface area contributed by atoms with Crippen molar-refractivity contribution in [3.63, 3.8) is 0 Å². The van der Waals surface area contributed by atoms with Crippen LogP contribution in [0, 0.1) is 5.41 Å². The van der Waals surface area contributed by atoms with E-state index < -0.39 is 63.0 Å². The molecule has 4 amide bonds. The number of pyridine rings is 1. The number of alkyl carbamates (subject to hydrolysis) is 1. The Morgan fingerprint density at radius 3 is 2.16 bits per heavy atom. The molecule has 3 aromatic carbocycles. The van der Waals surface area contributed by atoms with Crippen LogP contribution in [0.1, 0.15) is 97.7 Å². The Morgan fingerprint density at radius 2 is 1.54 bits per heavy atom. The molecule has 0 saturated heterocycles. The molecule has 0 aliphatic rings. The monoisotopic (exact) mass is 883 g/mol. The van der Waals surface area contributed by atoms with E-state index in [2.05, 4.69) is 33.8 Å². The predicted molar refractivity (Wildman–Crippen MR) is 247 cm³/mol. The highest BCUT2D eigenvalue weighted by Crippen LogP contribution is 2.37. The Morgan fingerprint density at radius 1 is 0.825 bits per heavy atom. The summed E-state index contributed by atoms with van der Waals surface area (Å²) in [5.74, 6) is -1.27. The summed E-state index contributed by atoms with van der Waals surface area (Å²) in [6.45, 7) is 19.7. The molecule has 1 aromatic heterocycles. The van der Waals surface area contributed by atoms with Crippen molar-refractivity contribution >= 4 is 50.8 Å². The number of carbonyl (C=O) groups excluding carboxylic acids is 4. The van der Waals surface area contributed by atoms with Gasteiger partial charge in [-0.3, -0.25) is 19.1 Å². The minimum Gasteiger partial charge on any atom is -0.497 e. The lowest BCUT2D eigenvalue weighted by Gasteiger charge is -2.33. The lowest BCUT2D eigenvalue weighted by atomic mass is 9.86. The molecule has 14 nitrogen and oxygen atoms in total. The molecule has 0 spiro atoms. The van der Waals surface area contributed by atoms with E-state index in [9.17, 15) is 27.6 Å². The normalized spacial score (nSPS) is 13.1. The fraction of sp³-hybridized carbons (Fsp3) is 0.396. The standard InChI is InChI=1S/C48H61N5O9S/c1-11-14-15-19-27-63(58,59)53-43(54)36(20-12-2)50-44(55)41(51-45(56)42(47(4,5)6)52-46(57)62-48(7,8)9)33-23-26-39(31(13-3)28-33)61-40-30-37(32-21-17-16-18-22-32)49-38-29-34(60-10)24-25-35(38)40/h11,13,16-18,21-26,28-30,36,41-42H,1,3,12,14-15,19-20,27H2,2,4-10H3,(H,50,55)(H,51,56)(H,52,57)(H,53,54)/t36-,41-,42+/m0/s1. The average Bonchev–Trinajstić information content (AvgIpc) is 3.22. The van der Waals surface area contributed by atoms with Crippen molar-refractivity contribution in [2.24, 2.45) is 5.41 Å². The zero-order valence-electron chi connectivity index (χ0n) is 37.5. The van der Waals surface area contributed by atoms with E-state index >= 15 is 0 Å². The molecule has 0 saturated carbocycles. The number of amides is 4. The van der Waals surface area contributed by atoms with Crippen molar-refractivity contribution < 1.29 is 41.8 Å². The highest BCUT2D eigenvalue weighted by atomic mass is 32.2. The van der Waals surface area contributed by atoms with Crippen LogP contribution in [0.15, 0.2) is 92.0 Å². The molecule has 0 aliphatic heterocycles. The van der Waals surface area contributed by atoms with Gasteiger partial charge in [-0.1, -0.05) is 89.2 Å². The predicted octanol–water partition coefficient (Wildman–Crippen LogP) is 8.53. The number of benzene rings is 3. The number of nitrogens with zero attached hydrogens (tertiary/aromatic N) is 1. The van der Waals surface area contributed by atoms with Crippen molar-refractivity contribution in [2.75, 3.05) is 12.9 Å². The lowest BCUT2D eigenvalue weighted by Crippen LogP contribution is -2.57. The number of hydrogen-bond donors (Lipinski definition) is 4. The second-order valence-corrected chi connectivity index (χ2v) is 19.0. The maximum Gasteiger partial charge on any atom is 0.408 e. The third-order valence-electron chi connectivity index (χ3n) is 9.73. The summed E-state index contributed by atoms with van der Waals surface area (Å²) in [6.07, 6.45) is 4.41. The molecule has 338 valence electrons. The summed E-state index contributed by atoms with van der Waals surface area (Å²) in [4.78, 5) is 60.0. The zero-order chi connectivity index (χ0) is 46.5. The Hall–Kier alpha value is -6.22.